The van der Waals surface area contributed by atoms with Crippen LogP contribution in [0.4, 0.5) is 5.69 Å². The van der Waals surface area contributed by atoms with Gasteiger partial charge in [0.05, 0.1) is 11.4 Å². The molecule has 5 rings (SSSR count). The maximum absolute atomic E-state index is 12.7. The van der Waals surface area contributed by atoms with Crippen molar-refractivity contribution in [2.24, 2.45) is 17.3 Å². The molecule has 1 aliphatic heterocycles. The molecule has 0 bridgehead atoms. The number of anilines is 1. The van der Waals surface area contributed by atoms with Gasteiger partial charge in [-0.2, -0.15) is 5.10 Å². The summed E-state index contributed by atoms with van der Waals surface area (Å²) in [6.07, 6.45) is 6.36. The Morgan fingerprint density at radius 2 is 1.80 bits per heavy atom. The summed E-state index contributed by atoms with van der Waals surface area (Å²) in [5.41, 5.74) is 4.23. The third-order valence-electron chi connectivity index (χ3n) is 7.40. The number of rotatable bonds is 4. The highest BCUT2D eigenvalue weighted by Gasteiger charge is 2.61. The molecule has 1 saturated heterocycles. The van der Waals surface area contributed by atoms with E-state index >= 15 is 0 Å². The molecule has 2 aromatic rings. The number of aromatic nitrogens is 2. The Labute approximate surface area is 177 Å². The standard InChI is InChI=1S/C24H30N4O2/c1-16-14-17(2)28(26-16)20-6-4-19(5-7-20)25-22(29)18-8-12-27(13-9-18)23(30)21-15-24(21)10-3-11-24/h4-7,14,18,21H,3,8-13,15H2,1-2H3,(H,25,29)/t21-/m0/s1. The van der Waals surface area contributed by atoms with Crippen molar-refractivity contribution >= 4 is 17.5 Å². The maximum Gasteiger partial charge on any atom is 0.227 e. The van der Waals surface area contributed by atoms with E-state index in [0.29, 0.717) is 24.4 Å². The van der Waals surface area contributed by atoms with Gasteiger partial charge in [0, 0.05) is 36.3 Å². The largest absolute Gasteiger partial charge is 0.342 e. The molecule has 3 aliphatic rings. The molecule has 3 fully saturated rings. The van der Waals surface area contributed by atoms with E-state index in [0.717, 1.165) is 42.0 Å². The summed E-state index contributed by atoms with van der Waals surface area (Å²) in [5.74, 6) is 0.648. The molecule has 2 amide bonds. The number of benzene rings is 1. The van der Waals surface area contributed by atoms with Crippen LogP contribution in [-0.4, -0.2) is 39.6 Å². The van der Waals surface area contributed by atoms with Crippen LogP contribution in [0.1, 0.15) is 49.9 Å². The minimum absolute atomic E-state index is 0.0263. The highest BCUT2D eigenvalue weighted by atomic mass is 16.2. The first-order valence-electron chi connectivity index (χ1n) is 11.2. The number of hydrogen-bond donors (Lipinski definition) is 1. The second-order valence-corrected chi connectivity index (χ2v) is 9.45. The van der Waals surface area contributed by atoms with Crippen LogP contribution in [0.3, 0.4) is 0 Å². The number of nitrogens with one attached hydrogen (secondary N) is 1. The molecule has 1 spiro atoms. The Bertz CT molecular complexity index is 966. The Morgan fingerprint density at radius 3 is 2.33 bits per heavy atom. The Morgan fingerprint density at radius 1 is 1.10 bits per heavy atom. The van der Waals surface area contributed by atoms with Gasteiger partial charge >= 0.3 is 0 Å². The minimum atomic E-state index is -0.0263. The fraction of sp³-hybridized carbons (Fsp3) is 0.542. The van der Waals surface area contributed by atoms with Gasteiger partial charge < -0.3 is 10.2 Å². The van der Waals surface area contributed by atoms with Crippen LogP contribution in [0.2, 0.25) is 0 Å². The van der Waals surface area contributed by atoms with E-state index in [2.05, 4.69) is 10.4 Å². The van der Waals surface area contributed by atoms with Crippen molar-refractivity contribution in [1.29, 1.82) is 0 Å². The SMILES string of the molecule is Cc1cc(C)n(-c2ccc(NC(=O)C3CCN(C(=O)[C@@H]4CC45CCC5)CC3)cc2)n1. The maximum atomic E-state index is 12.7. The Kier molecular flexibility index (Phi) is 4.68. The van der Waals surface area contributed by atoms with E-state index in [1.165, 1.54) is 19.3 Å². The van der Waals surface area contributed by atoms with E-state index in [-0.39, 0.29) is 17.7 Å². The molecule has 30 heavy (non-hydrogen) atoms. The minimum Gasteiger partial charge on any atom is -0.342 e. The molecular formula is C24H30N4O2. The number of nitrogens with zero attached hydrogens (tertiary/aromatic N) is 3. The van der Waals surface area contributed by atoms with Crippen molar-refractivity contribution < 1.29 is 9.59 Å². The lowest BCUT2D eigenvalue weighted by molar-refractivity contribution is -0.137. The summed E-state index contributed by atoms with van der Waals surface area (Å²) in [6.45, 7) is 5.43. The normalized spacial score (nSPS) is 22.6. The van der Waals surface area contributed by atoms with Crippen molar-refractivity contribution in [2.45, 2.75) is 52.4 Å². The number of carbonyl (C=O) groups is 2. The van der Waals surface area contributed by atoms with Crippen LogP contribution in [-0.2, 0) is 9.59 Å². The van der Waals surface area contributed by atoms with Gasteiger partial charge in [0.2, 0.25) is 11.8 Å². The predicted octanol–water partition coefficient (Wildman–Crippen LogP) is 3.86. The lowest BCUT2D eigenvalue weighted by Crippen LogP contribution is -2.43. The number of likely N-dealkylation sites (tertiary alicyclic amines) is 1. The Balaban J connectivity index is 1.14. The third-order valence-corrected chi connectivity index (χ3v) is 7.40. The quantitative estimate of drug-likeness (QED) is 0.838. The van der Waals surface area contributed by atoms with Crippen LogP contribution in [0.25, 0.3) is 5.69 Å². The van der Waals surface area contributed by atoms with Crippen LogP contribution < -0.4 is 5.32 Å². The monoisotopic (exact) mass is 406 g/mol. The van der Waals surface area contributed by atoms with Crippen molar-refractivity contribution in [1.82, 2.24) is 14.7 Å². The average Bonchev–Trinajstić information content (AvgIpc) is 3.41. The number of piperidine rings is 1. The zero-order valence-corrected chi connectivity index (χ0v) is 17.9. The molecule has 1 atom stereocenters. The van der Waals surface area contributed by atoms with E-state index < -0.39 is 0 Å². The first kappa shape index (κ1) is 19.3. The van der Waals surface area contributed by atoms with Gasteiger partial charge in [0.15, 0.2) is 0 Å². The average molecular weight is 407 g/mol. The summed E-state index contributed by atoms with van der Waals surface area (Å²) < 4.78 is 1.90. The predicted molar refractivity (Wildman–Crippen MR) is 115 cm³/mol. The van der Waals surface area contributed by atoms with Gasteiger partial charge in [0.1, 0.15) is 0 Å². The number of amides is 2. The highest BCUT2D eigenvalue weighted by Crippen LogP contribution is 2.66. The first-order chi connectivity index (χ1) is 14.4. The van der Waals surface area contributed by atoms with Crippen LogP contribution >= 0.6 is 0 Å². The second-order valence-electron chi connectivity index (χ2n) is 9.45. The highest BCUT2D eigenvalue weighted by molar-refractivity contribution is 5.93. The molecule has 0 radical (unpaired) electrons. The summed E-state index contributed by atoms with van der Waals surface area (Å²) in [7, 11) is 0. The fourth-order valence-electron chi connectivity index (χ4n) is 5.28. The molecule has 6 heteroatoms. The molecule has 2 saturated carbocycles. The zero-order chi connectivity index (χ0) is 20.9. The van der Waals surface area contributed by atoms with E-state index in [4.69, 9.17) is 0 Å². The molecule has 2 heterocycles. The van der Waals surface area contributed by atoms with E-state index in [1.807, 2.05) is 53.8 Å². The lowest BCUT2D eigenvalue weighted by atomic mass is 9.79. The fourth-order valence-corrected chi connectivity index (χ4v) is 5.28. The van der Waals surface area contributed by atoms with Gasteiger partial charge in [0.25, 0.3) is 0 Å². The summed E-state index contributed by atoms with van der Waals surface area (Å²) in [6, 6.07) is 9.84. The van der Waals surface area contributed by atoms with Crippen molar-refractivity contribution in [2.75, 3.05) is 18.4 Å². The molecular weight excluding hydrogens is 376 g/mol. The topological polar surface area (TPSA) is 67.2 Å². The molecule has 2 aliphatic carbocycles. The zero-order valence-electron chi connectivity index (χ0n) is 17.9. The number of hydrogen-bond acceptors (Lipinski definition) is 3. The van der Waals surface area contributed by atoms with Gasteiger partial charge in [-0.05, 0) is 81.7 Å². The van der Waals surface area contributed by atoms with Gasteiger partial charge in [-0.15, -0.1) is 0 Å². The molecule has 0 unspecified atom stereocenters. The van der Waals surface area contributed by atoms with Gasteiger partial charge in [-0.25, -0.2) is 4.68 Å². The second kappa shape index (κ2) is 7.25. The van der Waals surface area contributed by atoms with Crippen LogP contribution in [0, 0.1) is 31.1 Å². The van der Waals surface area contributed by atoms with E-state index in [9.17, 15) is 9.59 Å². The first-order valence-corrected chi connectivity index (χ1v) is 11.2. The van der Waals surface area contributed by atoms with Crippen LogP contribution in [0.5, 0.6) is 0 Å². The summed E-state index contributed by atoms with van der Waals surface area (Å²) in [4.78, 5) is 27.5. The van der Waals surface area contributed by atoms with E-state index in [1.54, 1.807) is 0 Å². The number of aryl methyl sites for hydroxylation is 2. The molecule has 6 nitrogen and oxygen atoms in total. The molecule has 1 aromatic carbocycles. The van der Waals surface area contributed by atoms with Gasteiger partial charge in [-0.3, -0.25) is 9.59 Å². The van der Waals surface area contributed by atoms with Gasteiger partial charge in [-0.1, -0.05) is 6.42 Å². The molecule has 1 aromatic heterocycles. The third kappa shape index (κ3) is 3.42. The lowest BCUT2D eigenvalue weighted by Gasteiger charge is -2.33. The smallest absolute Gasteiger partial charge is 0.227 e. The Hall–Kier alpha value is -2.63. The number of carbonyl (C=O) groups excluding carboxylic acids is 2. The van der Waals surface area contributed by atoms with Crippen molar-refractivity contribution in [3.05, 3.63) is 41.7 Å². The van der Waals surface area contributed by atoms with Crippen molar-refractivity contribution in [3.8, 4) is 5.69 Å². The molecule has 158 valence electrons. The van der Waals surface area contributed by atoms with Crippen molar-refractivity contribution in [3.63, 3.8) is 0 Å². The summed E-state index contributed by atoms with van der Waals surface area (Å²) in [5, 5.41) is 7.55. The summed E-state index contributed by atoms with van der Waals surface area (Å²) >= 11 is 0. The van der Waals surface area contributed by atoms with Crippen LogP contribution in [0.15, 0.2) is 30.3 Å². The molecule has 1 N–H and O–H groups in total.